The van der Waals surface area contributed by atoms with Gasteiger partial charge in [0.15, 0.2) is 5.82 Å². The minimum absolute atomic E-state index is 0.00933. The molecule has 2 aromatic heterocycles. The lowest BCUT2D eigenvalue weighted by Crippen LogP contribution is -2.43. The van der Waals surface area contributed by atoms with Crippen LogP contribution in [0.5, 0.6) is 6.01 Å². The van der Waals surface area contributed by atoms with Crippen molar-refractivity contribution in [3.63, 3.8) is 0 Å². The zero-order valence-corrected chi connectivity index (χ0v) is 20.7. The standard InChI is InChI=1S/C25H21ClF2N6OS/c1-35-25-33-21-14(24(34-25)32-12-6-10-2-3-11(7-12)31-10)8-16(26)19(20(21)28)13-4-5-17(27)22-18(13)15(9-29)23(30)36-22/h4-5,8,10-12,31H,2-3,6-7,30H2,1H3,(H,32,33,34)/t10-,11+,12?. The summed E-state index contributed by atoms with van der Waals surface area (Å²) >= 11 is 7.60. The number of ether oxygens (including phenoxy) is 1. The van der Waals surface area contributed by atoms with Crippen molar-refractivity contribution < 1.29 is 13.5 Å². The third-order valence-corrected chi connectivity index (χ3v) is 8.38. The number of hydrogen-bond donors (Lipinski definition) is 3. The highest BCUT2D eigenvalue weighted by molar-refractivity contribution is 7.23. The second-order valence-corrected chi connectivity index (χ2v) is 10.7. The molecular weight excluding hydrogens is 506 g/mol. The molecule has 11 heteroatoms. The van der Waals surface area contributed by atoms with Crippen LogP contribution >= 0.6 is 22.9 Å². The molecule has 184 valence electrons. The molecule has 7 nitrogen and oxygen atoms in total. The maximum Gasteiger partial charge on any atom is 0.318 e. The molecule has 2 aliphatic rings. The van der Waals surface area contributed by atoms with E-state index in [4.69, 9.17) is 22.1 Å². The molecule has 36 heavy (non-hydrogen) atoms. The first kappa shape index (κ1) is 23.2. The van der Waals surface area contributed by atoms with Gasteiger partial charge in [-0.2, -0.15) is 15.2 Å². The summed E-state index contributed by atoms with van der Waals surface area (Å²) in [6.45, 7) is 0. The maximum atomic E-state index is 16.2. The molecule has 3 atom stereocenters. The van der Waals surface area contributed by atoms with E-state index < -0.39 is 11.6 Å². The number of nitrogens with one attached hydrogen (secondary N) is 2. The van der Waals surface area contributed by atoms with Crippen LogP contribution in [0.3, 0.4) is 0 Å². The molecule has 4 N–H and O–H groups in total. The van der Waals surface area contributed by atoms with Crippen LogP contribution in [0.4, 0.5) is 19.6 Å². The molecule has 2 aromatic carbocycles. The summed E-state index contributed by atoms with van der Waals surface area (Å²) in [5, 5.41) is 17.6. The van der Waals surface area contributed by atoms with E-state index in [1.165, 1.54) is 19.2 Å². The Morgan fingerprint density at radius 2 is 2.00 bits per heavy atom. The summed E-state index contributed by atoms with van der Waals surface area (Å²) in [5.41, 5.74) is 6.35. The van der Waals surface area contributed by atoms with Crippen molar-refractivity contribution in [3.8, 4) is 23.2 Å². The smallest absolute Gasteiger partial charge is 0.318 e. The van der Waals surface area contributed by atoms with Crippen LogP contribution in [0.1, 0.15) is 31.2 Å². The van der Waals surface area contributed by atoms with E-state index in [0.29, 0.717) is 23.3 Å². The number of fused-ring (bicyclic) bond motifs is 4. The van der Waals surface area contributed by atoms with Gasteiger partial charge in [-0.15, -0.1) is 11.3 Å². The van der Waals surface area contributed by atoms with Gasteiger partial charge in [-0.1, -0.05) is 17.7 Å². The molecule has 0 radical (unpaired) electrons. The average Bonchev–Trinajstić information content (AvgIpc) is 3.39. The van der Waals surface area contributed by atoms with Gasteiger partial charge in [-0.3, -0.25) is 0 Å². The van der Waals surface area contributed by atoms with Crippen LogP contribution < -0.4 is 21.1 Å². The number of nitrogens with zero attached hydrogens (tertiary/aromatic N) is 3. The first-order valence-electron chi connectivity index (χ1n) is 11.5. The molecule has 4 heterocycles. The van der Waals surface area contributed by atoms with Gasteiger partial charge in [0.1, 0.15) is 28.2 Å². The fourth-order valence-electron chi connectivity index (χ4n) is 5.50. The molecule has 0 amide bonds. The number of halogens is 3. The van der Waals surface area contributed by atoms with E-state index in [1.807, 2.05) is 6.07 Å². The Kier molecular flexibility index (Phi) is 5.59. The first-order chi connectivity index (χ1) is 17.4. The number of nitrogen functional groups attached to an aromatic ring is 1. The quantitative estimate of drug-likeness (QED) is 0.317. The highest BCUT2D eigenvalue weighted by atomic mass is 35.5. The fraction of sp³-hybridized carbons (Fsp3) is 0.320. The molecule has 0 saturated carbocycles. The predicted octanol–water partition coefficient (Wildman–Crippen LogP) is 5.60. The summed E-state index contributed by atoms with van der Waals surface area (Å²) in [6, 6.07) is 7.32. The lowest BCUT2D eigenvalue weighted by atomic mass is 9.96. The highest BCUT2D eigenvalue weighted by Gasteiger charge is 2.34. The lowest BCUT2D eigenvalue weighted by Gasteiger charge is -2.30. The Balaban J connectivity index is 1.54. The van der Waals surface area contributed by atoms with Crippen LogP contribution in [0.15, 0.2) is 18.2 Å². The van der Waals surface area contributed by atoms with Crippen molar-refractivity contribution in [1.29, 1.82) is 5.26 Å². The van der Waals surface area contributed by atoms with Crippen molar-refractivity contribution in [1.82, 2.24) is 15.3 Å². The third-order valence-electron chi connectivity index (χ3n) is 7.06. The Morgan fingerprint density at radius 3 is 2.69 bits per heavy atom. The minimum atomic E-state index is -0.715. The van der Waals surface area contributed by atoms with E-state index >= 15 is 4.39 Å². The molecule has 1 unspecified atom stereocenters. The van der Waals surface area contributed by atoms with Crippen LogP contribution in [0.2, 0.25) is 5.02 Å². The second-order valence-electron chi connectivity index (χ2n) is 9.21. The number of piperidine rings is 1. The number of benzene rings is 2. The third kappa shape index (κ3) is 3.61. The average molecular weight is 527 g/mol. The number of rotatable bonds is 4. The van der Waals surface area contributed by atoms with Crippen LogP contribution in [-0.2, 0) is 0 Å². The van der Waals surface area contributed by atoms with Gasteiger partial charge in [-0.05, 0) is 43.4 Å². The SMILES string of the molecule is COc1nc(NC2C[C@H]3CC[C@@H](C2)N3)c2cc(Cl)c(-c3ccc(F)c4sc(N)c(C#N)c34)c(F)c2n1. The molecule has 6 rings (SSSR count). The zero-order valence-electron chi connectivity index (χ0n) is 19.2. The topological polar surface area (TPSA) is 109 Å². The number of thiophene rings is 1. The number of nitriles is 1. The van der Waals surface area contributed by atoms with Gasteiger partial charge in [0, 0.05) is 34.5 Å². The predicted molar refractivity (Wildman–Crippen MR) is 138 cm³/mol. The van der Waals surface area contributed by atoms with Crippen molar-refractivity contribution in [2.75, 3.05) is 18.2 Å². The molecule has 0 aliphatic carbocycles. The molecule has 2 aliphatic heterocycles. The number of aromatic nitrogens is 2. The zero-order chi connectivity index (χ0) is 25.1. The van der Waals surface area contributed by atoms with Gasteiger partial charge < -0.3 is 21.1 Å². The monoisotopic (exact) mass is 526 g/mol. The van der Waals surface area contributed by atoms with E-state index in [0.717, 1.165) is 37.0 Å². The number of anilines is 2. The summed E-state index contributed by atoms with van der Waals surface area (Å²) in [5.74, 6) is -0.818. The van der Waals surface area contributed by atoms with Crippen molar-refractivity contribution in [3.05, 3.63) is 40.4 Å². The van der Waals surface area contributed by atoms with Crippen LogP contribution in [0.25, 0.3) is 32.1 Å². The van der Waals surface area contributed by atoms with Gasteiger partial charge in [0.25, 0.3) is 0 Å². The minimum Gasteiger partial charge on any atom is -0.467 e. The highest BCUT2D eigenvalue weighted by Crippen LogP contribution is 2.45. The molecule has 0 spiro atoms. The summed E-state index contributed by atoms with van der Waals surface area (Å²) in [4.78, 5) is 8.74. The number of methoxy groups -OCH3 is 1. The van der Waals surface area contributed by atoms with Gasteiger partial charge >= 0.3 is 6.01 Å². The van der Waals surface area contributed by atoms with Gasteiger partial charge in [0.2, 0.25) is 0 Å². The van der Waals surface area contributed by atoms with Crippen molar-refractivity contribution in [2.24, 2.45) is 0 Å². The lowest BCUT2D eigenvalue weighted by molar-refractivity contribution is 0.373. The largest absolute Gasteiger partial charge is 0.467 e. The van der Waals surface area contributed by atoms with E-state index in [2.05, 4.69) is 20.6 Å². The first-order valence-corrected chi connectivity index (χ1v) is 12.7. The number of nitrogens with two attached hydrogens (primary N) is 1. The normalized spacial score (nSPS) is 21.1. The van der Waals surface area contributed by atoms with Gasteiger partial charge in [-0.25, -0.2) is 8.78 Å². The Labute approximate surface area is 214 Å². The van der Waals surface area contributed by atoms with Crippen LogP contribution in [-0.4, -0.2) is 35.2 Å². The molecule has 4 aromatic rings. The van der Waals surface area contributed by atoms with Crippen molar-refractivity contribution >= 4 is 54.7 Å². The maximum absolute atomic E-state index is 16.2. The van der Waals surface area contributed by atoms with E-state index in [1.54, 1.807) is 6.07 Å². The summed E-state index contributed by atoms with van der Waals surface area (Å²) < 4.78 is 36.2. The molecule has 2 fully saturated rings. The Bertz CT molecular complexity index is 1570. The van der Waals surface area contributed by atoms with E-state index in [-0.39, 0.29) is 54.4 Å². The summed E-state index contributed by atoms with van der Waals surface area (Å²) in [6.07, 6.45) is 4.15. The second kappa shape index (κ2) is 8.69. The summed E-state index contributed by atoms with van der Waals surface area (Å²) in [7, 11) is 1.42. The molecule has 2 bridgehead atoms. The van der Waals surface area contributed by atoms with E-state index in [9.17, 15) is 9.65 Å². The fourth-order valence-corrected chi connectivity index (χ4v) is 6.74. The Hall–Kier alpha value is -3.26. The van der Waals surface area contributed by atoms with Crippen molar-refractivity contribution in [2.45, 2.75) is 43.8 Å². The Morgan fingerprint density at radius 1 is 1.25 bits per heavy atom. The molecular formula is C25H21ClF2N6OS. The number of hydrogen-bond acceptors (Lipinski definition) is 8. The van der Waals surface area contributed by atoms with Gasteiger partial charge in [0.05, 0.1) is 22.4 Å². The molecule has 2 saturated heterocycles. The van der Waals surface area contributed by atoms with Crippen LogP contribution in [0, 0.1) is 23.0 Å².